The average molecular weight is 602 g/mol. The van der Waals surface area contributed by atoms with Gasteiger partial charge in [-0.2, -0.15) is 5.01 Å². The number of carbonyl (C=O) groups excluding carboxylic acids is 2. The maximum atomic E-state index is 14.9. The third kappa shape index (κ3) is 3.77. The van der Waals surface area contributed by atoms with Gasteiger partial charge in [-0.3, -0.25) is 15.0 Å². The first kappa shape index (κ1) is 27.0. The van der Waals surface area contributed by atoms with Crippen LogP contribution in [0.5, 0.6) is 5.75 Å². The predicted octanol–water partition coefficient (Wildman–Crippen LogP) is 3.47. The second-order valence-electron chi connectivity index (χ2n) is 11.1. The number of hydrogen-bond acceptors (Lipinski definition) is 6. The number of nitrogens with one attached hydrogen (secondary N) is 1. The number of fused-ring (bicyclic) bond motifs is 4. The summed E-state index contributed by atoms with van der Waals surface area (Å²) in [7, 11) is 1.40. The Balaban J connectivity index is 1.49. The standard InChI is InChI=1S/C31H25ClFN5O5/c1-35-29(42)36-15-14-23-25(38(36)30(35)43)16-24-27(40)37(34-21-10-8-20(33)9-11-21)28(41)31(24,18-4-6-19(32)7-5-18)26(23)17-2-12-22(39)13-3-17/h2-14,24-26,34,39H,15-16H2,1H3/t24-,25+,26-,31+/m0/s1. The molecule has 2 amide bonds. The van der Waals surface area contributed by atoms with E-state index in [0.717, 1.165) is 9.58 Å². The molecule has 43 heavy (non-hydrogen) atoms. The lowest BCUT2D eigenvalue weighted by molar-refractivity contribution is -0.138. The molecule has 7 rings (SSSR count). The van der Waals surface area contributed by atoms with Crippen LogP contribution in [0.4, 0.5) is 10.1 Å². The molecule has 10 nitrogen and oxygen atoms in total. The Bertz CT molecular complexity index is 1940. The molecule has 3 aromatic carbocycles. The van der Waals surface area contributed by atoms with Crippen LogP contribution in [-0.2, 0) is 28.6 Å². The number of aromatic hydroxyl groups is 1. The summed E-state index contributed by atoms with van der Waals surface area (Å²) in [6.07, 6.45) is 1.91. The lowest BCUT2D eigenvalue weighted by atomic mass is 9.53. The molecule has 1 aliphatic carbocycles. The van der Waals surface area contributed by atoms with Crippen LogP contribution in [0, 0.1) is 11.7 Å². The number of rotatable bonds is 4. The van der Waals surface area contributed by atoms with Crippen LogP contribution >= 0.6 is 11.6 Å². The molecule has 0 unspecified atom stereocenters. The Labute approximate surface area is 248 Å². The van der Waals surface area contributed by atoms with Crippen molar-refractivity contribution < 1.29 is 19.1 Å². The SMILES string of the molecule is Cn1c(=O)n2n(c1=O)[C@@H]1C[C@H]3C(=O)N(Nc4ccc(F)cc4)C(=O)[C@@]3(c3ccc(Cl)cc3)[C@@H](c3ccc(O)cc3)C1=CC2. The van der Waals surface area contributed by atoms with Gasteiger partial charge < -0.3 is 5.11 Å². The number of allylic oxidation sites excluding steroid dienone is 2. The van der Waals surface area contributed by atoms with Crippen molar-refractivity contribution in [2.45, 2.75) is 30.3 Å². The third-order valence-electron chi connectivity index (χ3n) is 8.94. The molecule has 4 atom stereocenters. The minimum atomic E-state index is -1.49. The van der Waals surface area contributed by atoms with Crippen molar-refractivity contribution in [3.05, 3.63) is 127 Å². The fourth-order valence-electron chi connectivity index (χ4n) is 7.07. The molecule has 1 saturated heterocycles. The monoisotopic (exact) mass is 601 g/mol. The highest BCUT2D eigenvalue weighted by molar-refractivity contribution is 6.30. The summed E-state index contributed by atoms with van der Waals surface area (Å²) in [5, 5.41) is 11.5. The number of anilines is 1. The molecule has 218 valence electrons. The minimum Gasteiger partial charge on any atom is -0.508 e. The number of nitrogens with zero attached hydrogens (tertiary/aromatic N) is 4. The molecule has 0 spiro atoms. The smallest absolute Gasteiger partial charge is 0.347 e. The molecule has 1 saturated carbocycles. The molecule has 2 fully saturated rings. The number of carbonyl (C=O) groups is 2. The lowest BCUT2D eigenvalue weighted by Crippen LogP contribution is -2.53. The van der Waals surface area contributed by atoms with Crippen molar-refractivity contribution in [1.82, 2.24) is 18.9 Å². The summed E-state index contributed by atoms with van der Waals surface area (Å²) in [5.41, 5.74) is 2.61. The van der Waals surface area contributed by atoms with Crippen molar-refractivity contribution in [3.8, 4) is 5.75 Å². The summed E-state index contributed by atoms with van der Waals surface area (Å²) in [4.78, 5) is 55.5. The van der Waals surface area contributed by atoms with E-state index in [1.165, 1.54) is 52.8 Å². The molecule has 12 heteroatoms. The van der Waals surface area contributed by atoms with Crippen molar-refractivity contribution in [2.24, 2.45) is 13.0 Å². The summed E-state index contributed by atoms with van der Waals surface area (Å²) in [5.74, 6) is -3.27. The summed E-state index contributed by atoms with van der Waals surface area (Å²) in [6, 6.07) is 17.8. The van der Waals surface area contributed by atoms with Crippen LogP contribution in [0.2, 0.25) is 5.02 Å². The Morgan fingerprint density at radius 1 is 0.930 bits per heavy atom. The zero-order valence-electron chi connectivity index (χ0n) is 22.8. The zero-order chi connectivity index (χ0) is 30.2. The van der Waals surface area contributed by atoms with Gasteiger partial charge in [-0.25, -0.2) is 27.9 Å². The molecule has 2 aliphatic heterocycles. The zero-order valence-corrected chi connectivity index (χ0v) is 23.5. The van der Waals surface area contributed by atoms with Crippen LogP contribution in [0.3, 0.4) is 0 Å². The molecule has 3 aliphatic rings. The van der Waals surface area contributed by atoms with Crippen LogP contribution in [0.25, 0.3) is 0 Å². The van der Waals surface area contributed by atoms with Crippen LogP contribution in [0.1, 0.15) is 29.5 Å². The third-order valence-corrected chi connectivity index (χ3v) is 9.19. The molecule has 2 N–H and O–H groups in total. The first-order valence-corrected chi connectivity index (χ1v) is 14.0. The fraction of sp³-hybridized carbons (Fsp3) is 0.226. The van der Waals surface area contributed by atoms with E-state index in [-0.39, 0.29) is 18.7 Å². The van der Waals surface area contributed by atoms with Gasteiger partial charge in [0, 0.05) is 18.0 Å². The number of benzene rings is 3. The number of halogens is 2. The van der Waals surface area contributed by atoms with Crippen molar-refractivity contribution >= 4 is 29.1 Å². The van der Waals surface area contributed by atoms with Crippen molar-refractivity contribution in [1.29, 1.82) is 0 Å². The molecule has 1 aromatic heterocycles. The van der Waals surface area contributed by atoms with Gasteiger partial charge in [-0.15, -0.1) is 0 Å². The largest absolute Gasteiger partial charge is 0.508 e. The van der Waals surface area contributed by atoms with Gasteiger partial charge in [0.1, 0.15) is 11.6 Å². The maximum Gasteiger partial charge on any atom is 0.347 e. The second-order valence-corrected chi connectivity index (χ2v) is 11.5. The number of imide groups is 1. The van der Waals surface area contributed by atoms with Gasteiger partial charge in [0.05, 0.1) is 29.6 Å². The highest BCUT2D eigenvalue weighted by Gasteiger charge is 2.68. The minimum absolute atomic E-state index is 0.0207. The lowest BCUT2D eigenvalue weighted by Gasteiger charge is -2.49. The Kier molecular flexibility index (Phi) is 6.00. The van der Waals surface area contributed by atoms with E-state index >= 15 is 0 Å². The molecular formula is C31H25ClFN5O5. The fourth-order valence-corrected chi connectivity index (χ4v) is 7.19. The first-order valence-electron chi connectivity index (χ1n) is 13.7. The normalized spacial score (nSPS) is 24.3. The molecule has 0 radical (unpaired) electrons. The van der Waals surface area contributed by atoms with Crippen molar-refractivity contribution in [3.63, 3.8) is 0 Å². The molecule has 0 bridgehead atoms. The van der Waals surface area contributed by atoms with Gasteiger partial charge in [0.2, 0.25) is 0 Å². The summed E-state index contributed by atoms with van der Waals surface area (Å²) in [6.45, 7) is 0.0936. The Morgan fingerprint density at radius 2 is 1.60 bits per heavy atom. The van der Waals surface area contributed by atoms with Crippen molar-refractivity contribution in [2.75, 3.05) is 5.43 Å². The maximum absolute atomic E-state index is 14.9. The molecule has 4 aromatic rings. The van der Waals surface area contributed by atoms with E-state index in [2.05, 4.69) is 5.43 Å². The summed E-state index contributed by atoms with van der Waals surface area (Å²) < 4.78 is 17.4. The number of hydrazine groups is 1. The van der Waals surface area contributed by atoms with Crippen LogP contribution < -0.4 is 16.8 Å². The number of amides is 2. The predicted molar refractivity (Wildman–Crippen MR) is 155 cm³/mol. The quantitative estimate of drug-likeness (QED) is 0.273. The average Bonchev–Trinajstić information content (AvgIpc) is 3.35. The van der Waals surface area contributed by atoms with Gasteiger partial charge in [0.25, 0.3) is 11.8 Å². The number of aromatic nitrogens is 3. The Morgan fingerprint density at radius 3 is 2.28 bits per heavy atom. The van der Waals surface area contributed by atoms with E-state index < -0.39 is 52.3 Å². The van der Waals surface area contributed by atoms with Gasteiger partial charge in [-0.05, 0) is 71.7 Å². The highest BCUT2D eigenvalue weighted by Crippen LogP contribution is 2.61. The van der Waals surface area contributed by atoms with Crippen LogP contribution in [-0.4, -0.2) is 35.9 Å². The van der Waals surface area contributed by atoms with Gasteiger partial charge >= 0.3 is 11.4 Å². The Hall–Kier alpha value is -4.90. The van der Waals surface area contributed by atoms with E-state index in [4.69, 9.17) is 11.6 Å². The van der Waals surface area contributed by atoms with E-state index in [1.54, 1.807) is 36.4 Å². The molecule has 3 heterocycles. The number of hydrogen-bond donors (Lipinski definition) is 2. The van der Waals surface area contributed by atoms with Gasteiger partial charge in [-0.1, -0.05) is 41.9 Å². The second kappa shape index (κ2) is 9.56. The number of phenols is 1. The summed E-state index contributed by atoms with van der Waals surface area (Å²) >= 11 is 6.26. The van der Waals surface area contributed by atoms with Gasteiger partial charge in [0.15, 0.2) is 0 Å². The number of phenolic OH excluding ortho intramolecular Hbond substituents is 1. The van der Waals surface area contributed by atoms with Crippen LogP contribution in [0.15, 0.2) is 94.0 Å². The molecular weight excluding hydrogens is 577 g/mol. The van der Waals surface area contributed by atoms with E-state index in [1.807, 2.05) is 6.08 Å². The van der Waals surface area contributed by atoms with E-state index in [0.29, 0.717) is 27.4 Å². The highest BCUT2D eigenvalue weighted by atomic mass is 35.5. The first-order chi connectivity index (χ1) is 20.6. The van der Waals surface area contributed by atoms with E-state index in [9.17, 15) is 28.7 Å². The topological polar surface area (TPSA) is 119 Å².